The van der Waals surface area contributed by atoms with E-state index in [2.05, 4.69) is 54.8 Å². The molecule has 0 radical (unpaired) electrons. The van der Waals surface area contributed by atoms with Crippen LogP contribution in [-0.4, -0.2) is 202 Å². The fourth-order valence-corrected chi connectivity index (χ4v) is 15.6. The molecule has 5 saturated heterocycles. The van der Waals surface area contributed by atoms with Crippen LogP contribution in [-0.2, 0) is 78.1 Å². The number of H-pyrrole nitrogens is 3. The minimum absolute atomic E-state index is 0.0858. The van der Waals surface area contributed by atoms with Crippen molar-refractivity contribution in [3.05, 3.63) is 95.5 Å². The van der Waals surface area contributed by atoms with E-state index in [0.29, 0.717) is 0 Å². The third-order valence-corrected chi connectivity index (χ3v) is 20.4. The second kappa shape index (κ2) is 28.0. The third kappa shape index (κ3) is 15.5. The molecule has 53 heteroatoms. The van der Waals surface area contributed by atoms with Crippen LogP contribution < -0.4 is 56.7 Å². The predicted octanol–water partition coefficient (Wildman–Crippen LogP) is -3.39. The number of aromatic amines is 3. The maximum absolute atomic E-state index is 14.3. The Kier molecular flexibility index (Phi) is 19.8. The maximum Gasteiger partial charge on any atom is 0.472 e. The summed E-state index contributed by atoms with van der Waals surface area (Å²) in [6, 6.07) is 2.59. The fraction of sp³-hybridized carbons (Fsp3) is 0.521. The van der Waals surface area contributed by atoms with Crippen LogP contribution in [0.25, 0.3) is 33.5 Å². The zero-order valence-corrected chi connectivity index (χ0v) is 55.0. The van der Waals surface area contributed by atoms with E-state index in [4.69, 9.17) is 88.5 Å². The molecule has 19 atom stereocenters. The fourth-order valence-electron chi connectivity index (χ4n) is 11.8. The van der Waals surface area contributed by atoms with Gasteiger partial charge in [0, 0.05) is 44.5 Å². The summed E-state index contributed by atoms with van der Waals surface area (Å²) in [6.45, 7) is -4.65. The molecule has 13 rings (SSSR count). The molecule has 0 saturated carbocycles. The zero-order valence-electron chi connectivity index (χ0n) is 51.4. The first-order valence-electron chi connectivity index (χ1n) is 29.9. The molecule has 0 aromatic carbocycles. The SMILES string of the molecule is Nc1ccn([C@H]2C[C@H](OP(=O)(O)OC[C@H]3O[C@@H](n4cnc5c(=O)[nH]c(N)nc54)C[C@@H]3OP(=O)(O)OC[C@H]3O[C@@H](n4cnc5c(=O)[nH]c(N)nc54)C[C@@H]3OP(=O)(O)OC[C@H]3O[C@@H](n4cnc5c(=O)[nH]c(N)nc54)C[C@@H]3OP(=O)(O)OC[C@H]3O[C@@H](n4ccc(N)nc4=O)C[C@@H]3O)[C@@H](CO)O2)c(=O)n1. The van der Waals surface area contributed by atoms with Gasteiger partial charge in [-0.25, -0.2) is 42.8 Å². The highest BCUT2D eigenvalue weighted by Crippen LogP contribution is 2.55. The van der Waals surface area contributed by atoms with Crippen molar-refractivity contribution in [2.45, 2.75) is 124 Å². The van der Waals surface area contributed by atoms with Crippen molar-refractivity contribution in [3.8, 4) is 0 Å². The molecule has 8 aromatic heterocycles. The number of ether oxygens (including phenoxy) is 5. The van der Waals surface area contributed by atoms with Gasteiger partial charge < -0.3 is 82.1 Å². The molecule has 0 aliphatic carbocycles. The van der Waals surface area contributed by atoms with Crippen LogP contribution in [0.2, 0.25) is 0 Å². The van der Waals surface area contributed by atoms with E-state index in [1.165, 1.54) is 38.2 Å². The van der Waals surface area contributed by atoms with Gasteiger partial charge in [0.25, 0.3) is 16.7 Å². The topological polar surface area (TPSA) is 700 Å². The van der Waals surface area contributed by atoms with Crippen molar-refractivity contribution in [1.29, 1.82) is 0 Å². The van der Waals surface area contributed by atoms with Gasteiger partial charge in [0.15, 0.2) is 33.5 Å². The summed E-state index contributed by atoms with van der Waals surface area (Å²) in [5.41, 5.74) is 23.6. The van der Waals surface area contributed by atoms with Crippen molar-refractivity contribution in [1.82, 2.24) is 77.7 Å². The number of phosphoric acid groups is 4. The number of nitrogens with two attached hydrogens (primary N) is 5. The molecular weight excluding hydrogens is 1440 g/mol. The van der Waals surface area contributed by atoms with E-state index in [-0.39, 0.29) is 75.8 Å². The minimum Gasteiger partial charge on any atom is -0.394 e. The molecule has 0 amide bonds. The number of nitrogens with zero attached hydrogens (tertiary/aromatic N) is 13. The smallest absolute Gasteiger partial charge is 0.394 e. The molecule has 5 aliphatic rings. The summed E-state index contributed by atoms with van der Waals surface area (Å²) in [7, 11) is -21.6. The van der Waals surface area contributed by atoms with E-state index in [1.54, 1.807) is 0 Å². The van der Waals surface area contributed by atoms with E-state index in [0.717, 1.165) is 28.1 Å². The summed E-state index contributed by atoms with van der Waals surface area (Å²) in [5.74, 6) is -1.25. The van der Waals surface area contributed by atoms with Gasteiger partial charge in [0.05, 0.1) is 58.1 Å². The molecule has 49 nitrogen and oxygen atoms in total. The number of hydrogen-bond acceptors (Lipinski definition) is 37. The summed E-state index contributed by atoms with van der Waals surface area (Å²) in [5, 5.41) is 20.9. The second-order valence-corrected chi connectivity index (χ2v) is 28.7. The van der Waals surface area contributed by atoms with Crippen molar-refractivity contribution in [2.24, 2.45) is 0 Å². The van der Waals surface area contributed by atoms with E-state index >= 15 is 0 Å². The van der Waals surface area contributed by atoms with Crippen LogP contribution in [0.15, 0.2) is 67.5 Å². The summed E-state index contributed by atoms with van der Waals surface area (Å²) in [4.78, 5) is 148. The van der Waals surface area contributed by atoms with Crippen molar-refractivity contribution >= 4 is 94.3 Å². The quantitative estimate of drug-likeness (QED) is 0.0235. The monoisotopic (exact) mass is 1500 g/mol. The third-order valence-electron chi connectivity index (χ3n) is 16.4. The molecule has 4 unspecified atom stereocenters. The molecule has 13 heterocycles. The molecule has 546 valence electrons. The number of hydrogen-bond donors (Lipinski definition) is 14. The number of aromatic nitrogens is 16. The van der Waals surface area contributed by atoms with Gasteiger partial charge in [-0.3, -0.25) is 88.4 Å². The maximum atomic E-state index is 14.3. The van der Waals surface area contributed by atoms with Gasteiger partial charge in [0.2, 0.25) is 17.8 Å². The highest BCUT2D eigenvalue weighted by molar-refractivity contribution is 7.48. The Labute approximate surface area is 559 Å². The number of aliphatic hydroxyl groups is 2. The summed E-state index contributed by atoms with van der Waals surface area (Å²) < 4.78 is 135. The molecular formula is C48H61N21O28P4. The van der Waals surface area contributed by atoms with Crippen molar-refractivity contribution in [2.75, 3.05) is 61.7 Å². The van der Waals surface area contributed by atoms with Gasteiger partial charge >= 0.3 is 42.7 Å². The van der Waals surface area contributed by atoms with Crippen LogP contribution in [0.3, 0.4) is 0 Å². The number of nitrogen functional groups attached to an aromatic ring is 5. The Morgan fingerprint density at radius 2 is 0.723 bits per heavy atom. The number of imidazole rings is 3. The number of phosphoric ester groups is 4. The number of rotatable bonds is 26. The lowest BCUT2D eigenvalue weighted by Crippen LogP contribution is -2.32. The molecule has 0 bridgehead atoms. The Morgan fingerprint density at radius 3 is 1.05 bits per heavy atom. The zero-order chi connectivity index (χ0) is 71.8. The lowest BCUT2D eigenvalue weighted by molar-refractivity contribution is -0.0635. The Bertz CT molecular complexity index is 4970. The van der Waals surface area contributed by atoms with Gasteiger partial charge in [-0.15, -0.1) is 0 Å². The highest BCUT2D eigenvalue weighted by Gasteiger charge is 2.50. The molecule has 5 aliphatic heterocycles. The average molecular weight is 1500 g/mol. The number of aliphatic hydroxyl groups excluding tert-OH is 2. The lowest BCUT2D eigenvalue weighted by Gasteiger charge is -2.25. The van der Waals surface area contributed by atoms with Crippen LogP contribution in [0.5, 0.6) is 0 Å². The first-order valence-corrected chi connectivity index (χ1v) is 35.9. The van der Waals surface area contributed by atoms with Gasteiger partial charge in [-0.2, -0.15) is 24.9 Å². The first kappa shape index (κ1) is 71.4. The Balaban J connectivity index is 0.719. The molecule has 19 N–H and O–H groups in total. The van der Waals surface area contributed by atoms with Gasteiger partial charge in [-0.05, 0) is 12.1 Å². The number of nitrogens with one attached hydrogen (secondary N) is 3. The summed E-state index contributed by atoms with van der Waals surface area (Å²) >= 11 is 0. The van der Waals surface area contributed by atoms with E-state index in [9.17, 15) is 72.0 Å². The van der Waals surface area contributed by atoms with E-state index < -0.39 is 204 Å². The largest absolute Gasteiger partial charge is 0.472 e. The first-order chi connectivity index (χ1) is 47.8. The average Bonchev–Trinajstić information content (AvgIpc) is 1.64. The molecule has 101 heavy (non-hydrogen) atoms. The van der Waals surface area contributed by atoms with Crippen LogP contribution in [0.4, 0.5) is 29.5 Å². The second-order valence-electron chi connectivity index (χ2n) is 23.1. The van der Waals surface area contributed by atoms with Crippen LogP contribution in [0.1, 0.15) is 63.2 Å². The standard InChI is InChI=1S/C48H61N21O28P4/c49-28-1-3-65(47(75)57-28)30-5-18(71)24(90-30)11-85-98(77,78)95-20-7-32(67-15-54-35-38(67)59-44(51)62-41(35)72)92-26(20)13-87-100(81,82)97-22-9-34(69-17-56-37-40(69)61-46(53)64-43(37)74)93-27(22)14-88-101(83,84)96-21-8-33(68-16-55-36-39(68)60-45(52)63-42(36)73)91-25(21)12-86-99(79,80)94-19-6-31(89-23(19)10-70)66-4-2-29(50)58-48(66)76/h1-4,15-27,30-34,70-71H,5-14H2,(H,77,78)(H,79,80)(H,81,82)(H,83,84)(H2,49,57,75)(H2,50,58,76)(H3,51,59,62,72)(H3,52,60,63,73)(H3,53,61,64,74)/t18-,19-,20-,21-,22-,23+,24+,25+,26+,27+,30+,31+,32+,33+,34+/m0/s1. The number of fused-ring (bicyclic) bond motifs is 3. The Hall–Kier alpha value is -8.03. The van der Waals surface area contributed by atoms with Crippen molar-refractivity contribution < 1.29 is 108 Å². The predicted molar refractivity (Wildman–Crippen MR) is 332 cm³/mol. The molecule has 8 aromatic rings. The van der Waals surface area contributed by atoms with Gasteiger partial charge in [0.1, 0.15) is 97.7 Å². The molecule has 0 spiro atoms. The van der Waals surface area contributed by atoms with Crippen LogP contribution >= 0.6 is 31.3 Å². The molecule has 5 fully saturated rings. The lowest BCUT2D eigenvalue weighted by atomic mass is 10.2. The van der Waals surface area contributed by atoms with Crippen LogP contribution in [0, 0.1) is 0 Å². The van der Waals surface area contributed by atoms with Gasteiger partial charge in [-0.1, -0.05) is 0 Å². The highest BCUT2D eigenvalue weighted by atomic mass is 31.2. The normalized spacial score (nSPS) is 29.4. The summed E-state index contributed by atoms with van der Waals surface area (Å²) in [6.07, 6.45) is -17.7. The Morgan fingerprint density at radius 1 is 0.436 bits per heavy atom. The van der Waals surface area contributed by atoms with Crippen molar-refractivity contribution in [3.63, 3.8) is 0 Å². The van der Waals surface area contributed by atoms with E-state index in [1.807, 2.05) is 0 Å². The minimum atomic E-state index is -5.54. The number of anilines is 5.